The van der Waals surface area contributed by atoms with Crippen LogP contribution in [0.25, 0.3) is 11.1 Å². The summed E-state index contributed by atoms with van der Waals surface area (Å²) in [5.74, 6) is -1.70. The largest absolute Gasteiger partial charge is 0.480 e. The van der Waals surface area contributed by atoms with E-state index in [0.717, 1.165) is 28.7 Å². The van der Waals surface area contributed by atoms with E-state index >= 15 is 0 Å². The van der Waals surface area contributed by atoms with Gasteiger partial charge in [0.1, 0.15) is 18.7 Å². The van der Waals surface area contributed by atoms with Crippen LogP contribution in [0.5, 0.6) is 0 Å². The fourth-order valence-electron chi connectivity index (χ4n) is 4.38. The van der Waals surface area contributed by atoms with Crippen molar-refractivity contribution in [2.75, 3.05) is 27.2 Å². The van der Waals surface area contributed by atoms with Gasteiger partial charge in [0.15, 0.2) is 0 Å². The van der Waals surface area contributed by atoms with Gasteiger partial charge in [0, 0.05) is 12.5 Å². The van der Waals surface area contributed by atoms with Crippen LogP contribution in [0.15, 0.2) is 48.5 Å². The van der Waals surface area contributed by atoms with Gasteiger partial charge in [-0.2, -0.15) is 0 Å². The molecule has 0 fully saturated rings. The molecule has 35 heavy (non-hydrogen) atoms. The molecule has 2 aromatic carbocycles. The molecular weight excluding hydrogens is 446 g/mol. The van der Waals surface area contributed by atoms with E-state index in [1.807, 2.05) is 62.3 Å². The second kappa shape index (κ2) is 12.4. The normalized spacial score (nSPS) is 14.1. The van der Waals surface area contributed by atoms with Gasteiger partial charge in [-0.15, -0.1) is 0 Å². The molecule has 1 aliphatic carbocycles. The van der Waals surface area contributed by atoms with Crippen molar-refractivity contribution in [3.8, 4) is 11.1 Å². The molecule has 0 spiro atoms. The summed E-state index contributed by atoms with van der Waals surface area (Å²) in [6.07, 6.45) is 1.51. The number of benzene rings is 2. The van der Waals surface area contributed by atoms with Crippen LogP contribution >= 0.6 is 0 Å². The van der Waals surface area contributed by atoms with Gasteiger partial charge in [0.2, 0.25) is 5.91 Å². The summed E-state index contributed by atoms with van der Waals surface area (Å²) < 4.78 is 5.58. The molecule has 0 saturated carbocycles. The van der Waals surface area contributed by atoms with Crippen LogP contribution in [-0.2, 0) is 14.3 Å². The predicted molar refractivity (Wildman–Crippen MR) is 134 cm³/mol. The Hall–Kier alpha value is -3.39. The Morgan fingerprint density at radius 2 is 1.54 bits per heavy atom. The molecule has 2 atom stereocenters. The van der Waals surface area contributed by atoms with Gasteiger partial charge in [-0.1, -0.05) is 68.3 Å². The van der Waals surface area contributed by atoms with Crippen LogP contribution in [0.1, 0.15) is 49.7 Å². The van der Waals surface area contributed by atoms with Gasteiger partial charge in [0.25, 0.3) is 0 Å². The van der Waals surface area contributed by atoms with Crippen molar-refractivity contribution in [1.29, 1.82) is 0 Å². The Morgan fingerprint density at radius 3 is 2.09 bits per heavy atom. The van der Waals surface area contributed by atoms with E-state index < -0.39 is 30.1 Å². The van der Waals surface area contributed by atoms with Crippen molar-refractivity contribution in [2.24, 2.45) is 0 Å². The monoisotopic (exact) mass is 481 g/mol. The lowest BCUT2D eigenvalue weighted by atomic mass is 9.98. The first-order valence-electron chi connectivity index (χ1n) is 12.1. The first kappa shape index (κ1) is 26.2. The van der Waals surface area contributed by atoms with Gasteiger partial charge in [0.05, 0.1) is 0 Å². The highest BCUT2D eigenvalue weighted by molar-refractivity contribution is 5.89. The lowest BCUT2D eigenvalue weighted by molar-refractivity contribution is -0.142. The maximum Gasteiger partial charge on any atom is 0.407 e. The van der Waals surface area contributed by atoms with E-state index in [-0.39, 0.29) is 18.9 Å². The van der Waals surface area contributed by atoms with Gasteiger partial charge in [-0.05, 0) is 49.2 Å². The molecule has 2 amide bonds. The molecule has 2 aromatic rings. The average molecular weight is 482 g/mol. The fraction of sp³-hybridized carbons (Fsp3) is 0.444. The number of ether oxygens (including phenoxy) is 1. The standard InChI is InChI=1S/C27H35N3O5/c1-4-5-14-23(25(31)28-24(26(32)33)15-16-30(2)3)29-27(34)35-17-22-20-12-8-6-10-18(20)19-11-7-9-13-21(19)22/h6-13,22-24H,4-5,14-17H2,1-3H3,(H,28,31)(H,29,34)(H,32,33)/t23-,24?/m0/s1. The molecule has 3 N–H and O–H groups in total. The number of carboxylic acids is 1. The Kier molecular flexibility index (Phi) is 9.25. The summed E-state index contributed by atoms with van der Waals surface area (Å²) in [4.78, 5) is 39.0. The van der Waals surface area contributed by atoms with Crippen molar-refractivity contribution >= 4 is 18.0 Å². The van der Waals surface area contributed by atoms with Crippen molar-refractivity contribution in [1.82, 2.24) is 15.5 Å². The number of aliphatic carboxylic acids is 1. The highest BCUT2D eigenvalue weighted by Crippen LogP contribution is 2.44. The van der Waals surface area contributed by atoms with Crippen LogP contribution in [0, 0.1) is 0 Å². The van der Waals surface area contributed by atoms with Gasteiger partial charge in [-0.3, -0.25) is 4.79 Å². The zero-order valence-corrected chi connectivity index (χ0v) is 20.6. The summed E-state index contributed by atoms with van der Waals surface area (Å²) >= 11 is 0. The summed E-state index contributed by atoms with van der Waals surface area (Å²) in [6.45, 7) is 2.64. The molecule has 188 valence electrons. The molecule has 0 saturated heterocycles. The summed E-state index contributed by atoms with van der Waals surface area (Å²) in [5.41, 5.74) is 4.48. The SMILES string of the molecule is CCCC[C@H](NC(=O)OCC1c2ccccc2-c2ccccc21)C(=O)NC(CCN(C)C)C(=O)O. The number of rotatable bonds is 12. The van der Waals surface area contributed by atoms with Gasteiger partial charge >= 0.3 is 12.1 Å². The molecular formula is C27H35N3O5. The highest BCUT2D eigenvalue weighted by Gasteiger charge is 2.30. The Balaban J connectivity index is 1.63. The number of amides is 2. The molecule has 0 heterocycles. The third kappa shape index (κ3) is 6.82. The summed E-state index contributed by atoms with van der Waals surface area (Å²) in [7, 11) is 3.67. The average Bonchev–Trinajstić information content (AvgIpc) is 3.16. The Bertz CT molecular complexity index is 993. The van der Waals surface area contributed by atoms with E-state index in [9.17, 15) is 19.5 Å². The third-order valence-electron chi connectivity index (χ3n) is 6.28. The smallest absolute Gasteiger partial charge is 0.407 e. The molecule has 1 aliphatic rings. The minimum Gasteiger partial charge on any atom is -0.480 e. The lowest BCUT2D eigenvalue weighted by Gasteiger charge is -2.22. The highest BCUT2D eigenvalue weighted by atomic mass is 16.5. The number of hydrogen-bond donors (Lipinski definition) is 3. The summed E-state index contributed by atoms with van der Waals surface area (Å²) in [5, 5.41) is 14.7. The summed E-state index contributed by atoms with van der Waals surface area (Å²) in [6, 6.07) is 14.2. The van der Waals surface area contributed by atoms with Crippen molar-refractivity contribution in [3.63, 3.8) is 0 Å². The number of carbonyl (C=O) groups excluding carboxylic acids is 2. The number of fused-ring (bicyclic) bond motifs is 3. The topological polar surface area (TPSA) is 108 Å². The molecule has 8 heteroatoms. The lowest BCUT2D eigenvalue weighted by Crippen LogP contribution is -2.52. The molecule has 0 aromatic heterocycles. The maximum atomic E-state index is 12.9. The van der Waals surface area contributed by atoms with Crippen LogP contribution < -0.4 is 10.6 Å². The second-order valence-electron chi connectivity index (χ2n) is 9.16. The van der Waals surface area contributed by atoms with E-state index in [2.05, 4.69) is 22.8 Å². The first-order chi connectivity index (χ1) is 16.8. The minimum absolute atomic E-state index is 0.0847. The maximum absolute atomic E-state index is 12.9. The second-order valence-corrected chi connectivity index (χ2v) is 9.16. The Labute approximate surface area is 206 Å². The fourth-order valence-corrected chi connectivity index (χ4v) is 4.38. The van der Waals surface area contributed by atoms with Crippen molar-refractivity contribution < 1.29 is 24.2 Å². The molecule has 0 radical (unpaired) electrons. The molecule has 3 rings (SSSR count). The van der Waals surface area contributed by atoms with Crippen LogP contribution in [-0.4, -0.2) is 67.3 Å². The third-order valence-corrected chi connectivity index (χ3v) is 6.28. The van der Waals surface area contributed by atoms with Crippen LogP contribution in [0.4, 0.5) is 4.79 Å². The van der Waals surface area contributed by atoms with E-state index in [0.29, 0.717) is 19.4 Å². The number of hydrogen-bond acceptors (Lipinski definition) is 5. The Morgan fingerprint density at radius 1 is 0.943 bits per heavy atom. The number of nitrogens with one attached hydrogen (secondary N) is 2. The number of alkyl carbamates (subject to hydrolysis) is 1. The van der Waals surface area contributed by atoms with Crippen molar-refractivity contribution in [2.45, 2.75) is 50.6 Å². The molecule has 1 unspecified atom stereocenters. The van der Waals surface area contributed by atoms with E-state index in [1.54, 1.807) is 0 Å². The zero-order valence-electron chi connectivity index (χ0n) is 20.6. The molecule has 8 nitrogen and oxygen atoms in total. The zero-order chi connectivity index (χ0) is 25.4. The first-order valence-corrected chi connectivity index (χ1v) is 12.1. The quantitative estimate of drug-likeness (QED) is 0.428. The number of carboxylic acid groups (broad SMARTS) is 1. The van der Waals surface area contributed by atoms with E-state index in [1.165, 1.54) is 0 Å². The van der Waals surface area contributed by atoms with E-state index in [4.69, 9.17) is 4.74 Å². The van der Waals surface area contributed by atoms with Gasteiger partial charge in [-0.25, -0.2) is 9.59 Å². The molecule has 0 bridgehead atoms. The number of unbranched alkanes of at least 4 members (excludes halogenated alkanes) is 1. The van der Waals surface area contributed by atoms with Crippen molar-refractivity contribution in [3.05, 3.63) is 59.7 Å². The van der Waals surface area contributed by atoms with Crippen LogP contribution in [0.3, 0.4) is 0 Å². The number of nitrogens with zero attached hydrogens (tertiary/aromatic N) is 1. The minimum atomic E-state index is -1.10. The van der Waals surface area contributed by atoms with Crippen LogP contribution in [0.2, 0.25) is 0 Å². The predicted octanol–water partition coefficient (Wildman–Crippen LogP) is 3.61. The molecule has 0 aliphatic heterocycles. The van der Waals surface area contributed by atoms with Gasteiger partial charge < -0.3 is 25.4 Å². The number of carbonyl (C=O) groups is 3.